The Balaban J connectivity index is 0.000000230. The van der Waals surface area contributed by atoms with Crippen molar-refractivity contribution < 1.29 is 69.3 Å². The van der Waals surface area contributed by atoms with Crippen molar-refractivity contribution in [2.75, 3.05) is 36.0 Å². The Morgan fingerprint density at radius 2 is 0.955 bits per heavy atom. The number of carbonyl (C=O) groups is 6. The lowest BCUT2D eigenvalue weighted by Gasteiger charge is -2.42. The summed E-state index contributed by atoms with van der Waals surface area (Å²) in [5.74, 6) is -3.09. The van der Waals surface area contributed by atoms with Gasteiger partial charge in [-0.25, -0.2) is 4.79 Å². The molecule has 0 aromatic heterocycles. The predicted octanol–water partition coefficient (Wildman–Crippen LogP) is 13.5. The normalized spacial score (nSPS) is 18.9. The Morgan fingerprint density at radius 1 is 0.580 bits per heavy atom. The van der Waals surface area contributed by atoms with Gasteiger partial charge in [-0.1, -0.05) is 136 Å². The Hall–Kier alpha value is -8.10. The number of alkyl carbamates (subject to hydrolysis) is 1. The van der Waals surface area contributed by atoms with Gasteiger partial charge in [0.2, 0.25) is 17.1 Å². The molecule has 4 aliphatic rings. The summed E-state index contributed by atoms with van der Waals surface area (Å²) in [5, 5.41) is 5.34. The number of halogens is 6. The van der Waals surface area contributed by atoms with Crippen molar-refractivity contribution in [3.05, 3.63) is 154 Å². The van der Waals surface area contributed by atoms with Crippen LogP contribution in [-0.2, 0) is 49.3 Å². The summed E-state index contributed by atoms with van der Waals surface area (Å²) in [4.78, 5) is 86.3. The van der Waals surface area contributed by atoms with E-state index in [4.69, 9.17) is 14.2 Å². The van der Waals surface area contributed by atoms with E-state index in [2.05, 4.69) is 10.6 Å². The van der Waals surface area contributed by atoms with Gasteiger partial charge < -0.3 is 44.4 Å². The van der Waals surface area contributed by atoms with Gasteiger partial charge in [-0.3, -0.25) is 24.0 Å². The third-order valence-electron chi connectivity index (χ3n) is 16.7. The van der Waals surface area contributed by atoms with E-state index in [0.29, 0.717) is 24.0 Å². The standard InChI is InChI=1S/C36H40F3N3O5.C31H38F3N3O4/c1-24(2)42(27-17-11-6-12-18-27)32(43)28-21-30-31(22-29(28)36(37,38)39)47-35(3,26-15-9-5-10-16-26)33(44)41(30)20-19-40-34(45)46-23-25-13-7-4-8-14-25;1-5-27(38)35-16-17-36-25-18-23(28(39)37(20(2)3)22-14-10-7-11-15-22)24(31(32,33)34)19-26(25)41-30(4,29(36)40)21-12-8-6-9-13-21/h4-5,7-10,13-16,21-22,24,27H,6,11-12,17-20,23H2,1-3H3,(H,40,45);6,8-9,12-13,18-20,22H,5,7,10-11,14-17H2,1-4H3,(H,35,38). The summed E-state index contributed by atoms with van der Waals surface area (Å²) < 4.78 is 105. The van der Waals surface area contributed by atoms with Crippen molar-refractivity contribution in [1.82, 2.24) is 20.4 Å². The van der Waals surface area contributed by atoms with Crippen molar-refractivity contribution in [3.63, 3.8) is 0 Å². The quantitative estimate of drug-likeness (QED) is 0.0861. The molecular weight excluding hydrogens is 1150 g/mol. The lowest BCUT2D eigenvalue weighted by Crippen LogP contribution is -2.54. The second-order valence-corrected chi connectivity index (χ2v) is 23.5. The molecule has 88 heavy (non-hydrogen) atoms. The molecule has 2 heterocycles. The number of nitrogens with zero attached hydrogens (tertiary/aromatic N) is 4. The van der Waals surface area contributed by atoms with Gasteiger partial charge in [-0.15, -0.1) is 0 Å². The smallest absolute Gasteiger partial charge is 0.417 e. The third-order valence-corrected chi connectivity index (χ3v) is 16.7. The van der Waals surface area contributed by atoms with Gasteiger partial charge in [0.25, 0.3) is 23.6 Å². The monoisotopic (exact) mass is 1220 g/mol. The maximum absolute atomic E-state index is 14.7. The van der Waals surface area contributed by atoms with Crippen LogP contribution in [0.2, 0.25) is 0 Å². The summed E-state index contributed by atoms with van der Waals surface area (Å²) in [5.41, 5.74) is -4.81. The van der Waals surface area contributed by atoms with Crippen molar-refractivity contribution >= 4 is 47.0 Å². The van der Waals surface area contributed by atoms with E-state index in [1.165, 1.54) is 23.6 Å². The minimum absolute atomic E-state index is 0.0150. The van der Waals surface area contributed by atoms with Crippen LogP contribution in [0.25, 0.3) is 0 Å². The summed E-state index contributed by atoms with van der Waals surface area (Å²) in [6.07, 6.45) is -1.63. The van der Waals surface area contributed by atoms with Crippen molar-refractivity contribution in [3.8, 4) is 11.5 Å². The molecular formula is C67H78F6N6O9. The third kappa shape index (κ3) is 14.7. The van der Waals surface area contributed by atoms with Crippen LogP contribution in [0.1, 0.15) is 168 Å². The second-order valence-electron chi connectivity index (χ2n) is 23.5. The van der Waals surface area contributed by atoms with Crippen LogP contribution < -0.4 is 29.9 Å². The fraction of sp³-hybridized carbons (Fsp3) is 0.463. The zero-order valence-electron chi connectivity index (χ0n) is 50.8. The first-order valence-corrected chi connectivity index (χ1v) is 30.3. The average Bonchev–Trinajstić information content (AvgIpc) is 1.25. The van der Waals surface area contributed by atoms with Gasteiger partial charge in [-0.05, 0) is 97.1 Å². The van der Waals surface area contributed by atoms with Gasteiger partial charge in [0.15, 0.2) is 0 Å². The number of hydrogen-bond acceptors (Lipinski definition) is 9. The highest BCUT2D eigenvalue weighted by Gasteiger charge is 2.51. The lowest BCUT2D eigenvalue weighted by atomic mass is 9.90. The molecule has 0 bridgehead atoms. The molecule has 21 heteroatoms. The van der Waals surface area contributed by atoms with Gasteiger partial charge in [-0.2, -0.15) is 26.3 Å². The Labute approximate surface area is 510 Å². The summed E-state index contributed by atoms with van der Waals surface area (Å²) in [6.45, 7) is 11.8. The molecule has 2 unspecified atom stereocenters. The molecule has 5 aromatic carbocycles. The number of alkyl halides is 6. The number of anilines is 2. The van der Waals surface area contributed by atoms with Crippen molar-refractivity contribution in [2.24, 2.45) is 0 Å². The minimum Gasteiger partial charge on any atom is -0.471 e. The molecule has 472 valence electrons. The van der Waals surface area contributed by atoms with Crippen molar-refractivity contribution in [1.29, 1.82) is 0 Å². The Kier molecular flexibility index (Phi) is 20.9. The van der Waals surface area contributed by atoms with E-state index in [9.17, 15) is 55.1 Å². The van der Waals surface area contributed by atoms with Crippen LogP contribution in [0, 0.1) is 0 Å². The number of nitrogens with one attached hydrogen (secondary N) is 2. The molecule has 15 nitrogen and oxygen atoms in total. The lowest BCUT2D eigenvalue weighted by molar-refractivity contribution is -0.139. The Bertz CT molecular complexity index is 3280. The van der Waals surface area contributed by atoms with Gasteiger partial charge in [0.05, 0.1) is 33.6 Å². The molecule has 2 aliphatic carbocycles. The zero-order valence-corrected chi connectivity index (χ0v) is 50.8. The van der Waals surface area contributed by atoms with E-state index in [1.807, 2.05) is 30.3 Å². The first-order chi connectivity index (χ1) is 41.8. The maximum Gasteiger partial charge on any atom is 0.417 e. The Morgan fingerprint density at radius 3 is 1.32 bits per heavy atom. The summed E-state index contributed by atoms with van der Waals surface area (Å²) in [7, 11) is 0. The molecule has 2 atom stereocenters. The highest BCUT2D eigenvalue weighted by atomic mass is 19.4. The fourth-order valence-electron chi connectivity index (χ4n) is 12.2. The van der Waals surface area contributed by atoms with E-state index in [0.717, 1.165) is 81.2 Å². The number of rotatable bonds is 17. The fourth-order valence-corrected chi connectivity index (χ4v) is 12.2. The molecule has 5 aromatic rings. The number of benzene rings is 5. The maximum atomic E-state index is 14.7. The molecule has 2 saturated carbocycles. The van der Waals surface area contributed by atoms with Gasteiger partial charge in [0.1, 0.15) is 18.1 Å². The highest BCUT2D eigenvalue weighted by molar-refractivity contribution is 6.07. The van der Waals surface area contributed by atoms with Gasteiger partial charge >= 0.3 is 18.4 Å². The average molecular weight is 1230 g/mol. The number of fused-ring (bicyclic) bond motifs is 2. The molecule has 2 N–H and O–H groups in total. The van der Waals surface area contributed by atoms with E-state index >= 15 is 0 Å². The van der Waals surface area contributed by atoms with Crippen LogP contribution in [0.15, 0.2) is 115 Å². The number of hydrogen-bond donors (Lipinski definition) is 2. The largest absolute Gasteiger partial charge is 0.471 e. The second kappa shape index (κ2) is 27.9. The number of ether oxygens (including phenoxy) is 3. The topological polar surface area (TPSA) is 167 Å². The molecule has 2 aliphatic heterocycles. The molecule has 0 radical (unpaired) electrons. The van der Waals surface area contributed by atoms with Crippen LogP contribution in [0.4, 0.5) is 42.5 Å². The minimum atomic E-state index is -4.88. The van der Waals surface area contributed by atoms with Crippen LogP contribution >= 0.6 is 0 Å². The van der Waals surface area contributed by atoms with Crippen LogP contribution in [0.3, 0.4) is 0 Å². The molecule has 9 rings (SSSR count). The van der Waals surface area contributed by atoms with E-state index in [-0.39, 0.29) is 92.2 Å². The SMILES string of the molecule is CC(C)N(C(=O)c1cc2c(cc1C(F)(F)F)OC(C)(c1ccccc1)C(=O)N2CCNC(=O)OCc1ccccc1)C1CCCCC1.CCC(=O)NCCN1C(=O)C(C)(c2ccccc2)Oc2cc(C(F)(F)F)c(C(=O)N(C(C)C)C3CCCCC3)cc21. The first kappa shape index (κ1) is 65.9. The molecule has 0 spiro atoms. The summed E-state index contributed by atoms with van der Waals surface area (Å²) >= 11 is 0. The zero-order chi connectivity index (χ0) is 63.7. The molecule has 0 saturated heterocycles. The van der Waals surface area contributed by atoms with Crippen LogP contribution in [-0.4, -0.2) is 95.8 Å². The molecule has 2 fully saturated rings. The molecule has 6 amide bonds. The summed E-state index contributed by atoms with van der Waals surface area (Å²) in [6, 6.07) is 29.0. The van der Waals surface area contributed by atoms with Gasteiger partial charge in [0, 0.05) is 67.9 Å². The predicted molar refractivity (Wildman–Crippen MR) is 321 cm³/mol. The first-order valence-electron chi connectivity index (χ1n) is 30.3. The van der Waals surface area contributed by atoms with Crippen LogP contribution in [0.5, 0.6) is 11.5 Å². The van der Waals surface area contributed by atoms with Crippen molar-refractivity contribution in [2.45, 2.75) is 173 Å². The van der Waals surface area contributed by atoms with E-state index in [1.54, 1.807) is 105 Å². The van der Waals surface area contributed by atoms with E-state index < -0.39 is 75.5 Å². The number of carbonyl (C=O) groups excluding carboxylic acids is 6. The number of amides is 6. The highest BCUT2D eigenvalue weighted by Crippen LogP contribution is 2.49.